The number of likely N-dealkylation sites (N-methyl/N-ethyl adjacent to an activating group) is 1. The Hall–Kier alpha value is -1.62. The van der Waals surface area contributed by atoms with Crippen molar-refractivity contribution < 1.29 is 0 Å². The average molecular weight is 329 g/mol. The van der Waals surface area contributed by atoms with E-state index in [-0.39, 0.29) is 0 Å². The van der Waals surface area contributed by atoms with Crippen molar-refractivity contribution in [3.05, 3.63) is 23.4 Å². The molecule has 0 spiro atoms. The highest BCUT2D eigenvalue weighted by molar-refractivity contribution is 5.44. The molecule has 0 saturated carbocycles. The second kappa shape index (κ2) is 8.47. The van der Waals surface area contributed by atoms with Gasteiger partial charge in [-0.3, -0.25) is 0 Å². The zero-order valence-electron chi connectivity index (χ0n) is 15.2. The highest BCUT2D eigenvalue weighted by Crippen LogP contribution is 2.20. The van der Waals surface area contributed by atoms with Crippen LogP contribution in [0.4, 0.5) is 11.8 Å². The number of aromatic nitrogens is 2. The van der Waals surface area contributed by atoms with Crippen molar-refractivity contribution >= 4 is 11.8 Å². The van der Waals surface area contributed by atoms with Gasteiger partial charge in [0, 0.05) is 44.5 Å². The topological polar surface area (TPSA) is 44.3 Å². The summed E-state index contributed by atoms with van der Waals surface area (Å²) in [7, 11) is 0. The fourth-order valence-corrected chi connectivity index (χ4v) is 3.53. The minimum atomic E-state index is 0.880. The molecular weight excluding hydrogens is 298 g/mol. The SMILES string of the molecule is CCN1CCN(c2nc(C)cc(NCCC3=CCCCC3)n2)CC1. The van der Waals surface area contributed by atoms with Crippen molar-refractivity contribution in [1.82, 2.24) is 14.9 Å². The molecule has 1 aromatic rings. The fraction of sp³-hybridized carbons (Fsp3) is 0.684. The highest BCUT2D eigenvalue weighted by Gasteiger charge is 2.18. The van der Waals surface area contributed by atoms with Crippen molar-refractivity contribution in [2.24, 2.45) is 0 Å². The summed E-state index contributed by atoms with van der Waals surface area (Å²) in [6, 6.07) is 2.06. The van der Waals surface area contributed by atoms with E-state index in [2.05, 4.69) is 46.1 Å². The molecule has 0 amide bonds. The van der Waals surface area contributed by atoms with Gasteiger partial charge in [-0.15, -0.1) is 0 Å². The van der Waals surface area contributed by atoms with Gasteiger partial charge in [0.1, 0.15) is 5.82 Å². The van der Waals surface area contributed by atoms with Crippen LogP contribution in [0.2, 0.25) is 0 Å². The van der Waals surface area contributed by atoms with Gasteiger partial charge in [0.25, 0.3) is 0 Å². The molecule has 1 N–H and O–H groups in total. The number of hydrogen-bond donors (Lipinski definition) is 1. The first kappa shape index (κ1) is 17.2. The van der Waals surface area contributed by atoms with E-state index in [0.717, 1.165) is 63.1 Å². The van der Waals surface area contributed by atoms with Crippen LogP contribution in [0.15, 0.2) is 17.7 Å². The smallest absolute Gasteiger partial charge is 0.227 e. The molecule has 5 heteroatoms. The van der Waals surface area contributed by atoms with Crippen LogP contribution in [0, 0.1) is 6.92 Å². The monoisotopic (exact) mass is 329 g/mol. The standard InChI is InChI=1S/C19H31N5/c1-3-23-11-13-24(14-12-23)19-21-16(2)15-18(22-19)20-10-9-17-7-5-4-6-8-17/h7,15H,3-6,8-14H2,1-2H3,(H,20,21,22). The first-order chi connectivity index (χ1) is 11.7. The molecule has 0 unspecified atom stereocenters. The van der Waals surface area contributed by atoms with E-state index < -0.39 is 0 Å². The lowest BCUT2D eigenvalue weighted by Crippen LogP contribution is -2.46. The maximum absolute atomic E-state index is 4.76. The van der Waals surface area contributed by atoms with Crippen molar-refractivity contribution in [3.63, 3.8) is 0 Å². The molecule has 3 rings (SSSR count). The van der Waals surface area contributed by atoms with Crippen LogP contribution >= 0.6 is 0 Å². The van der Waals surface area contributed by atoms with Gasteiger partial charge in [0.2, 0.25) is 5.95 Å². The summed E-state index contributed by atoms with van der Waals surface area (Å²) < 4.78 is 0. The predicted molar refractivity (Wildman–Crippen MR) is 101 cm³/mol. The van der Waals surface area contributed by atoms with Gasteiger partial charge in [0.15, 0.2) is 0 Å². The first-order valence-corrected chi connectivity index (χ1v) is 9.49. The summed E-state index contributed by atoms with van der Waals surface area (Å²) in [5.41, 5.74) is 2.65. The van der Waals surface area contributed by atoms with Gasteiger partial charge in [-0.05, 0) is 45.6 Å². The fourth-order valence-electron chi connectivity index (χ4n) is 3.53. The summed E-state index contributed by atoms with van der Waals surface area (Å²) in [6.45, 7) is 10.6. The minimum absolute atomic E-state index is 0.880. The molecule has 2 aliphatic rings. The lowest BCUT2D eigenvalue weighted by Gasteiger charge is -2.34. The Bertz CT molecular complexity index is 561. The number of allylic oxidation sites excluding steroid dienone is 1. The predicted octanol–water partition coefficient (Wildman–Crippen LogP) is 3.23. The molecule has 5 nitrogen and oxygen atoms in total. The van der Waals surface area contributed by atoms with E-state index in [1.807, 2.05) is 0 Å². The van der Waals surface area contributed by atoms with E-state index >= 15 is 0 Å². The molecule has 0 aromatic carbocycles. The summed E-state index contributed by atoms with van der Waals surface area (Å²) in [5, 5.41) is 3.50. The molecular formula is C19H31N5. The normalized spacial score (nSPS) is 19.2. The number of rotatable bonds is 6. The second-order valence-corrected chi connectivity index (χ2v) is 6.90. The van der Waals surface area contributed by atoms with Crippen LogP contribution in [-0.4, -0.2) is 54.1 Å². The van der Waals surface area contributed by atoms with E-state index in [1.54, 1.807) is 5.57 Å². The highest BCUT2D eigenvalue weighted by atomic mass is 15.3. The van der Waals surface area contributed by atoms with Gasteiger partial charge >= 0.3 is 0 Å². The van der Waals surface area contributed by atoms with Crippen LogP contribution in [0.1, 0.15) is 44.7 Å². The third kappa shape index (κ3) is 4.69. The number of piperazine rings is 1. The van der Waals surface area contributed by atoms with Crippen molar-refractivity contribution in [3.8, 4) is 0 Å². The summed E-state index contributed by atoms with van der Waals surface area (Å²) in [6.07, 6.45) is 8.80. The number of hydrogen-bond acceptors (Lipinski definition) is 5. The van der Waals surface area contributed by atoms with Crippen molar-refractivity contribution in [2.45, 2.75) is 46.0 Å². The van der Waals surface area contributed by atoms with Crippen LogP contribution in [0.25, 0.3) is 0 Å². The van der Waals surface area contributed by atoms with E-state index in [4.69, 9.17) is 4.98 Å². The Morgan fingerprint density at radius 2 is 1.96 bits per heavy atom. The molecule has 2 heterocycles. The number of anilines is 2. The van der Waals surface area contributed by atoms with Crippen molar-refractivity contribution in [2.75, 3.05) is 49.5 Å². The Morgan fingerprint density at radius 3 is 2.67 bits per heavy atom. The second-order valence-electron chi connectivity index (χ2n) is 6.90. The maximum Gasteiger partial charge on any atom is 0.227 e. The number of aryl methyl sites for hydroxylation is 1. The molecule has 1 saturated heterocycles. The number of nitrogens with one attached hydrogen (secondary N) is 1. The van der Waals surface area contributed by atoms with E-state index in [9.17, 15) is 0 Å². The Morgan fingerprint density at radius 1 is 1.12 bits per heavy atom. The van der Waals surface area contributed by atoms with E-state index in [0.29, 0.717) is 0 Å². The molecule has 1 aromatic heterocycles. The average Bonchev–Trinajstić information content (AvgIpc) is 2.62. The van der Waals surface area contributed by atoms with Gasteiger partial charge < -0.3 is 15.1 Å². The van der Waals surface area contributed by atoms with Gasteiger partial charge in [-0.25, -0.2) is 4.98 Å². The zero-order chi connectivity index (χ0) is 16.8. The number of nitrogens with zero attached hydrogens (tertiary/aromatic N) is 4. The molecule has 24 heavy (non-hydrogen) atoms. The summed E-state index contributed by atoms with van der Waals surface area (Å²) >= 11 is 0. The van der Waals surface area contributed by atoms with Crippen LogP contribution in [0.3, 0.4) is 0 Å². The van der Waals surface area contributed by atoms with Crippen LogP contribution in [-0.2, 0) is 0 Å². The Labute approximate surface area is 146 Å². The third-order valence-corrected chi connectivity index (χ3v) is 5.08. The largest absolute Gasteiger partial charge is 0.370 e. The van der Waals surface area contributed by atoms with E-state index in [1.165, 1.54) is 25.7 Å². The lowest BCUT2D eigenvalue weighted by atomic mass is 9.97. The maximum atomic E-state index is 4.76. The van der Waals surface area contributed by atoms with Crippen molar-refractivity contribution in [1.29, 1.82) is 0 Å². The molecule has 0 atom stereocenters. The third-order valence-electron chi connectivity index (χ3n) is 5.08. The molecule has 132 valence electrons. The van der Waals surface area contributed by atoms with Crippen LogP contribution in [0.5, 0.6) is 0 Å². The quantitative estimate of drug-likeness (QED) is 0.812. The molecule has 0 radical (unpaired) electrons. The Kier molecular flexibility index (Phi) is 6.07. The van der Waals surface area contributed by atoms with Crippen LogP contribution < -0.4 is 10.2 Å². The molecule has 1 fully saturated rings. The van der Waals surface area contributed by atoms with Gasteiger partial charge in [0.05, 0.1) is 0 Å². The molecule has 0 bridgehead atoms. The molecule has 1 aliphatic heterocycles. The summed E-state index contributed by atoms with van der Waals surface area (Å²) in [5.74, 6) is 1.84. The first-order valence-electron chi connectivity index (χ1n) is 9.49. The Balaban J connectivity index is 1.56. The lowest BCUT2D eigenvalue weighted by molar-refractivity contribution is 0.270. The molecule has 1 aliphatic carbocycles. The van der Waals surface area contributed by atoms with Gasteiger partial charge in [-0.1, -0.05) is 18.6 Å². The van der Waals surface area contributed by atoms with Gasteiger partial charge in [-0.2, -0.15) is 4.98 Å². The summed E-state index contributed by atoms with van der Waals surface area (Å²) in [4.78, 5) is 14.2. The minimum Gasteiger partial charge on any atom is -0.370 e. The zero-order valence-corrected chi connectivity index (χ0v) is 15.2.